The lowest BCUT2D eigenvalue weighted by atomic mass is 10.1. The summed E-state index contributed by atoms with van der Waals surface area (Å²) in [7, 11) is 0. The van der Waals surface area contributed by atoms with E-state index in [0.29, 0.717) is 12.0 Å². The topological polar surface area (TPSA) is 12.0 Å². The van der Waals surface area contributed by atoms with Gasteiger partial charge in [0.2, 0.25) is 0 Å². The Balaban J connectivity index is 2.29. The van der Waals surface area contributed by atoms with Gasteiger partial charge in [0.25, 0.3) is 0 Å². The third-order valence-corrected chi connectivity index (χ3v) is 2.79. The number of rotatable bonds is 7. The molecule has 1 N–H and O–H groups in total. The smallest absolute Gasteiger partial charge is 0.161 e. The summed E-state index contributed by atoms with van der Waals surface area (Å²) in [5.41, 5.74) is 0.165. The fraction of sp³-hybridized carbons (Fsp3) is 0.571. The van der Waals surface area contributed by atoms with Crippen LogP contribution in [-0.2, 0) is 6.54 Å². The Morgan fingerprint density at radius 2 is 1.67 bits per heavy atom. The van der Waals surface area contributed by atoms with Crippen LogP contribution in [0.4, 0.5) is 13.2 Å². The van der Waals surface area contributed by atoms with Crippen LogP contribution in [-0.4, -0.2) is 6.54 Å². The van der Waals surface area contributed by atoms with Gasteiger partial charge in [-0.25, -0.2) is 13.2 Å². The van der Waals surface area contributed by atoms with Gasteiger partial charge in [-0.3, -0.25) is 0 Å². The fourth-order valence-corrected chi connectivity index (χ4v) is 1.72. The van der Waals surface area contributed by atoms with Crippen molar-refractivity contribution >= 4 is 0 Å². The van der Waals surface area contributed by atoms with Gasteiger partial charge in [-0.1, -0.05) is 26.7 Å². The van der Waals surface area contributed by atoms with Gasteiger partial charge in [0, 0.05) is 18.2 Å². The molecule has 0 saturated heterocycles. The minimum atomic E-state index is -1.15. The van der Waals surface area contributed by atoms with Crippen LogP contribution in [0.15, 0.2) is 12.1 Å². The Morgan fingerprint density at radius 3 is 2.33 bits per heavy atom. The molecule has 0 aliphatic carbocycles. The summed E-state index contributed by atoms with van der Waals surface area (Å²) in [5, 5.41) is 3.03. The molecule has 0 heterocycles. The summed E-state index contributed by atoms with van der Waals surface area (Å²) < 4.78 is 38.9. The molecule has 0 aromatic heterocycles. The van der Waals surface area contributed by atoms with E-state index in [2.05, 4.69) is 19.2 Å². The molecule has 0 unspecified atom stereocenters. The number of unbranched alkanes of at least 4 members (excludes halogenated alkanes) is 1. The maximum absolute atomic E-state index is 13.3. The van der Waals surface area contributed by atoms with Crippen molar-refractivity contribution in [2.45, 2.75) is 39.7 Å². The quantitative estimate of drug-likeness (QED) is 0.576. The van der Waals surface area contributed by atoms with E-state index in [1.165, 1.54) is 6.42 Å². The van der Waals surface area contributed by atoms with Crippen molar-refractivity contribution in [2.24, 2.45) is 5.92 Å². The Hall–Kier alpha value is -1.03. The number of hydrogen-bond acceptors (Lipinski definition) is 1. The van der Waals surface area contributed by atoms with E-state index in [-0.39, 0.29) is 12.1 Å². The third-order valence-electron chi connectivity index (χ3n) is 2.79. The zero-order valence-corrected chi connectivity index (χ0v) is 10.9. The highest BCUT2D eigenvalue weighted by Crippen LogP contribution is 2.13. The average Bonchev–Trinajstić information content (AvgIpc) is 2.29. The van der Waals surface area contributed by atoms with Gasteiger partial charge in [0.1, 0.15) is 5.82 Å². The monoisotopic (exact) mass is 259 g/mol. The first-order valence-corrected chi connectivity index (χ1v) is 6.35. The molecular formula is C14H20F3N. The summed E-state index contributed by atoms with van der Waals surface area (Å²) in [4.78, 5) is 0. The van der Waals surface area contributed by atoms with Crippen molar-refractivity contribution in [2.75, 3.05) is 6.54 Å². The van der Waals surface area contributed by atoms with E-state index in [0.717, 1.165) is 25.5 Å². The zero-order chi connectivity index (χ0) is 13.5. The predicted molar refractivity (Wildman–Crippen MR) is 66.7 cm³/mol. The van der Waals surface area contributed by atoms with E-state index in [9.17, 15) is 13.2 Å². The molecule has 1 rings (SSSR count). The molecule has 18 heavy (non-hydrogen) atoms. The van der Waals surface area contributed by atoms with Crippen LogP contribution in [0.5, 0.6) is 0 Å². The Bertz CT molecular complexity index is 378. The molecule has 0 atom stereocenters. The lowest BCUT2D eigenvalue weighted by Gasteiger charge is -2.07. The molecule has 0 aliphatic heterocycles. The summed E-state index contributed by atoms with van der Waals surface area (Å²) in [6.07, 6.45) is 3.29. The lowest BCUT2D eigenvalue weighted by molar-refractivity contribution is 0.484. The van der Waals surface area contributed by atoms with Crippen LogP contribution in [0.3, 0.4) is 0 Å². The van der Waals surface area contributed by atoms with Gasteiger partial charge in [-0.2, -0.15) is 0 Å². The number of hydrogen-bond donors (Lipinski definition) is 1. The Morgan fingerprint density at radius 1 is 1.00 bits per heavy atom. The molecule has 1 aromatic rings. The first-order valence-electron chi connectivity index (χ1n) is 6.35. The molecular weight excluding hydrogens is 239 g/mol. The summed E-state index contributed by atoms with van der Waals surface area (Å²) in [5.74, 6) is -2.17. The maximum atomic E-state index is 13.3. The van der Waals surface area contributed by atoms with Gasteiger partial charge in [0.05, 0.1) is 0 Å². The standard InChI is InChI=1S/C14H20F3N/c1-10(2)5-3-4-6-18-9-11-7-13(16)14(17)8-12(11)15/h7-8,10,18H,3-6,9H2,1-2H3. The summed E-state index contributed by atoms with van der Waals surface area (Å²) in [6.45, 7) is 5.32. The van der Waals surface area contributed by atoms with Crippen LogP contribution in [0, 0.1) is 23.4 Å². The van der Waals surface area contributed by atoms with E-state index in [1.807, 2.05) is 0 Å². The van der Waals surface area contributed by atoms with E-state index in [4.69, 9.17) is 0 Å². The molecule has 4 heteroatoms. The van der Waals surface area contributed by atoms with Gasteiger partial charge in [0.15, 0.2) is 11.6 Å². The second kappa shape index (κ2) is 7.41. The molecule has 0 saturated carbocycles. The van der Waals surface area contributed by atoms with Crippen molar-refractivity contribution in [1.29, 1.82) is 0 Å². The average molecular weight is 259 g/mol. The van der Waals surface area contributed by atoms with Crippen molar-refractivity contribution in [3.8, 4) is 0 Å². The van der Waals surface area contributed by atoms with Crippen LogP contribution < -0.4 is 5.32 Å². The third kappa shape index (κ3) is 5.08. The predicted octanol–water partition coefficient (Wildman–Crippen LogP) is 4.02. The van der Waals surface area contributed by atoms with Gasteiger partial charge >= 0.3 is 0 Å². The molecule has 102 valence electrons. The molecule has 0 spiro atoms. The summed E-state index contributed by atoms with van der Waals surface area (Å²) in [6, 6.07) is 1.50. The van der Waals surface area contributed by atoms with Crippen molar-refractivity contribution < 1.29 is 13.2 Å². The largest absolute Gasteiger partial charge is 0.313 e. The van der Waals surface area contributed by atoms with Gasteiger partial charge < -0.3 is 5.32 Å². The molecule has 1 nitrogen and oxygen atoms in total. The van der Waals surface area contributed by atoms with Crippen LogP contribution in [0.2, 0.25) is 0 Å². The van der Waals surface area contributed by atoms with E-state index in [1.54, 1.807) is 0 Å². The second-order valence-electron chi connectivity index (χ2n) is 4.92. The number of benzene rings is 1. The van der Waals surface area contributed by atoms with Gasteiger partial charge in [-0.05, 0) is 24.9 Å². The molecule has 0 fully saturated rings. The minimum absolute atomic E-state index is 0.165. The summed E-state index contributed by atoms with van der Waals surface area (Å²) >= 11 is 0. The minimum Gasteiger partial charge on any atom is -0.313 e. The Labute approximate surface area is 106 Å². The Kier molecular flexibility index (Phi) is 6.19. The maximum Gasteiger partial charge on any atom is 0.161 e. The molecule has 0 bridgehead atoms. The first kappa shape index (κ1) is 15.0. The van der Waals surface area contributed by atoms with Crippen molar-refractivity contribution in [3.05, 3.63) is 35.1 Å². The SMILES string of the molecule is CC(C)CCCCNCc1cc(F)c(F)cc1F. The fourth-order valence-electron chi connectivity index (χ4n) is 1.72. The van der Waals surface area contributed by atoms with E-state index >= 15 is 0 Å². The van der Waals surface area contributed by atoms with Gasteiger partial charge in [-0.15, -0.1) is 0 Å². The van der Waals surface area contributed by atoms with Crippen molar-refractivity contribution in [1.82, 2.24) is 5.32 Å². The normalized spacial score (nSPS) is 11.2. The van der Waals surface area contributed by atoms with E-state index < -0.39 is 17.5 Å². The van der Waals surface area contributed by atoms with Crippen LogP contribution >= 0.6 is 0 Å². The van der Waals surface area contributed by atoms with Crippen LogP contribution in [0.1, 0.15) is 38.7 Å². The number of nitrogens with one attached hydrogen (secondary N) is 1. The zero-order valence-electron chi connectivity index (χ0n) is 10.9. The second-order valence-corrected chi connectivity index (χ2v) is 4.92. The highest BCUT2D eigenvalue weighted by atomic mass is 19.2. The number of halogens is 3. The van der Waals surface area contributed by atoms with Crippen molar-refractivity contribution in [3.63, 3.8) is 0 Å². The lowest BCUT2D eigenvalue weighted by Crippen LogP contribution is -2.16. The molecule has 0 aliphatic rings. The molecule has 0 radical (unpaired) electrons. The molecule has 0 amide bonds. The highest BCUT2D eigenvalue weighted by Gasteiger charge is 2.08. The molecule has 1 aromatic carbocycles. The highest BCUT2D eigenvalue weighted by molar-refractivity contribution is 5.19. The first-order chi connectivity index (χ1) is 8.50. The van der Waals surface area contributed by atoms with Crippen LogP contribution in [0.25, 0.3) is 0 Å².